The molecule has 0 aliphatic rings. The third kappa shape index (κ3) is 2.94. The predicted molar refractivity (Wildman–Crippen MR) is 52.9 cm³/mol. The smallest absolute Gasteiger partial charge is 0.0431 e. The molecule has 0 aromatic heterocycles. The molecule has 60 valence electrons. The maximum Gasteiger partial charge on any atom is 0.0431 e. The topological polar surface area (TPSA) is 0 Å². The van der Waals surface area contributed by atoms with Crippen molar-refractivity contribution in [2.24, 2.45) is 0 Å². The second-order valence-corrected chi connectivity index (χ2v) is 4.25. The van der Waals surface area contributed by atoms with Crippen molar-refractivity contribution in [1.29, 1.82) is 0 Å². The maximum absolute atomic E-state index is 5.79. The number of rotatable bonds is 2. The first-order valence-electron chi connectivity index (χ1n) is 3.31. The largest absolute Gasteiger partial charge is 0.126 e. The second kappa shape index (κ2) is 4.24. The van der Waals surface area contributed by atoms with E-state index in [-0.39, 0.29) is 0 Å². The van der Waals surface area contributed by atoms with Crippen molar-refractivity contribution >= 4 is 35.0 Å². The Hall–Kier alpha value is 0.150. The Morgan fingerprint density at radius 3 is 2.18 bits per heavy atom. The molecule has 0 spiro atoms. The van der Waals surface area contributed by atoms with Gasteiger partial charge in [0.2, 0.25) is 0 Å². The SMILES string of the molecule is CCSc1cc(Cl)cc(Cl)c1. The lowest BCUT2D eigenvalue weighted by Gasteiger charge is -1.99. The average Bonchev–Trinajstić information content (AvgIpc) is 1.85. The van der Waals surface area contributed by atoms with Crippen LogP contribution in [0.4, 0.5) is 0 Å². The first-order chi connectivity index (χ1) is 5.22. The summed E-state index contributed by atoms with van der Waals surface area (Å²) in [6, 6.07) is 5.58. The zero-order valence-corrected chi connectivity index (χ0v) is 8.43. The van der Waals surface area contributed by atoms with Crippen molar-refractivity contribution in [1.82, 2.24) is 0 Å². The van der Waals surface area contributed by atoms with E-state index in [1.807, 2.05) is 12.1 Å². The Morgan fingerprint density at radius 2 is 1.73 bits per heavy atom. The highest BCUT2D eigenvalue weighted by Gasteiger charge is 1.96. The zero-order valence-electron chi connectivity index (χ0n) is 6.10. The van der Waals surface area contributed by atoms with E-state index in [4.69, 9.17) is 23.2 Å². The summed E-state index contributed by atoms with van der Waals surface area (Å²) in [4.78, 5) is 1.13. The molecule has 0 unspecified atom stereocenters. The molecule has 0 bridgehead atoms. The van der Waals surface area contributed by atoms with Gasteiger partial charge in [-0.3, -0.25) is 0 Å². The number of benzene rings is 1. The lowest BCUT2D eigenvalue weighted by atomic mass is 10.4. The normalized spacial score (nSPS) is 10.1. The van der Waals surface area contributed by atoms with Crippen LogP contribution in [0.1, 0.15) is 6.92 Å². The maximum atomic E-state index is 5.79. The molecule has 1 aromatic rings. The summed E-state index contributed by atoms with van der Waals surface area (Å²) >= 11 is 13.3. The van der Waals surface area contributed by atoms with E-state index < -0.39 is 0 Å². The molecule has 0 fully saturated rings. The van der Waals surface area contributed by atoms with Gasteiger partial charge in [-0.05, 0) is 24.0 Å². The third-order valence-electron chi connectivity index (χ3n) is 1.15. The highest BCUT2D eigenvalue weighted by atomic mass is 35.5. The molecule has 0 amide bonds. The van der Waals surface area contributed by atoms with Crippen LogP contribution in [-0.2, 0) is 0 Å². The van der Waals surface area contributed by atoms with E-state index in [2.05, 4.69) is 6.92 Å². The summed E-state index contributed by atoms with van der Waals surface area (Å²) in [5.74, 6) is 1.04. The van der Waals surface area contributed by atoms with Crippen LogP contribution in [0.15, 0.2) is 23.1 Å². The van der Waals surface area contributed by atoms with E-state index in [0.29, 0.717) is 10.0 Å². The van der Waals surface area contributed by atoms with Gasteiger partial charge >= 0.3 is 0 Å². The van der Waals surface area contributed by atoms with Crippen molar-refractivity contribution in [3.63, 3.8) is 0 Å². The molecule has 0 heterocycles. The van der Waals surface area contributed by atoms with Crippen LogP contribution in [0.2, 0.25) is 10.0 Å². The molecule has 0 atom stereocenters. The van der Waals surface area contributed by atoms with Crippen LogP contribution in [0.3, 0.4) is 0 Å². The second-order valence-electron chi connectivity index (χ2n) is 2.04. The average molecular weight is 207 g/mol. The molecule has 0 aliphatic heterocycles. The van der Waals surface area contributed by atoms with Crippen molar-refractivity contribution in [2.75, 3.05) is 5.75 Å². The van der Waals surface area contributed by atoms with Crippen LogP contribution in [0.25, 0.3) is 0 Å². The van der Waals surface area contributed by atoms with E-state index in [9.17, 15) is 0 Å². The van der Waals surface area contributed by atoms with E-state index >= 15 is 0 Å². The fourth-order valence-corrected chi connectivity index (χ4v) is 2.19. The van der Waals surface area contributed by atoms with Gasteiger partial charge in [-0.15, -0.1) is 11.8 Å². The predicted octanol–water partition coefficient (Wildman–Crippen LogP) is 4.11. The number of hydrogen-bond donors (Lipinski definition) is 0. The van der Waals surface area contributed by atoms with E-state index in [1.165, 1.54) is 0 Å². The zero-order chi connectivity index (χ0) is 8.27. The summed E-state index contributed by atoms with van der Waals surface area (Å²) < 4.78 is 0. The molecule has 11 heavy (non-hydrogen) atoms. The van der Waals surface area contributed by atoms with Crippen molar-refractivity contribution in [3.8, 4) is 0 Å². The van der Waals surface area contributed by atoms with Crippen LogP contribution in [0.5, 0.6) is 0 Å². The monoisotopic (exact) mass is 206 g/mol. The lowest BCUT2D eigenvalue weighted by Crippen LogP contribution is -1.73. The Bertz CT molecular complexity index is 228. The van der Waals surface area contributed by atoms with Crippen molar-refractivity contribution < 1.29 is 0 Å². The minimum atomic E-state index is 0.702. The molecule has 0 saturated carbocycles. The van der Waals surface area contributed by atoms with Gasteiger partial charge in [0.1, 0.15) is 0 Å². The van der Waals surface area contributed by atoms with Crippen molar-refractivity contribution in [3.05, 3.63) is 28.2 Å². The van der Waals surface area contributed by atoms with Gasteiger partial charge in [0.05, 0.1) is 0 Å². The first-order valence-corrected chi connectivity index (χ1v) is 5.05. The van der Waals surface area contributed by atoms with Gasteiger partial charge < -0.3 is 0 Å². The summed E-state index contributed by atoms with van der Waals surface area (Å²) in [5.41, 5.74) is 0. The summed E-state index contributed by atoms with van der Waals surface area (Å²) in [6.45, 7) is 2.10. The summed E-state index contributed by atoms with van der Waals surface area (Å²) in [5, 5.41) is 1.40. The first kappa shape index (κ1) is 9.24. The van der Waals surface area contributed by atoms with Crippen LogP contribution in [-0.4, -0.2) is 5.75 Å². The highest BCUT2D eigenvalue weighted by molar-refractivity contribution is 7.99. The fraction of sp³-hybridized carbons (Fsp3) is 0.250. The van der Waals surface area contributed by atoms with Crippen LogP contribution < -0.4 is 0 Å². The van der Waals surface area contributed by atoms with Gasteiger partial charge in [-0.1, -0.05) is 30.1 Å². The molecule has 1 aromatic carbocycles. The van der Waals surface area contributed by atoms with Gasteiger partial charge in [0.25, 0.3) is 0 Å². The molecule has 0 aliphatic carbocycles. The quantitative estimate of drug-likeness (QED) is 0.657. The van der Waals surface area contributed by atoms with Crippen LogP contribution >= 0.6 is 35.0 Å². The molecular weight excluding hydrogens is 199 g/mol. The van der Waals surface area contributed by atoms with Crippen LogP contribution in [0, 0.1) is 0 Å². The third-order valence-corrected chi connectivity index (χ3v) is 2.44. The molecular formula is C8H8Cl2S. The minimum Gasteiger partial charge on any atom is -0.126 e. The van der Waals surface area contributed by atoms with Gasteiger partial charge in [0.15, 0.2) is 0 Å². The number of halogens is 2. The Kier molecular flexibility index (Phi) is 3.57. The van der Waals surface area contributed by atoms with E-state index in [0.717, 1.165) is 10.6 Å². The summed E-state index contributed by atoms with van der Waals surface area (Å²) in [6.07, 6.45) is 0. The minimum absolute atomic E-state index is 0.702. The number of thioether (sulfide) groups is 1. The Balaban J connectivity index is 2.89. The molecule has 3 heteroatoms. The standard InChI is InChI=1S/C8H8Cl2S/c1-2-11-8-4-6(9)3-7(10)5-8/h3-5H,2H2,1H3. The van der Waals surface area contributed by atoms with Gasteiger partial charge in [0, 0.05) is 14.9 Å². The van der Waals surface area contributed by atoms with Gasteiger partial charge in [-0.2, -0.15) is 0 Å². The Morgan fingerprint density at radius 1 is 1.18 bits per heavy atom. The molecule has 0 saturated heterocycles. The molecule has 0 nitrogen and oxygen atoms in total. The fourth-order valence-electron chi connectivity index (χ4n) is 0.779. The molecule has 0 N–H and O–H groups in total. The molecule has 0 radical (unpaired) electrons. The summed E-state index contributed by atoms with van der Waals surface area (Å²) in [7, 11) is 0. The molecule has 1 rings (SSSR count). The lowest BCUT2D eigenvalue weighted by molar-refractivity contribution is 1.43. The number of hydrogen-bond acceptors (Lipinski definition) is 1. The van der Waals surface area contributed by atoms with Gasteiger partial charge in [-0.25, -0.2) is 0 Å². The van der Waals surface area contributed by atoms with Crippen molar-refractivity contribution in [2.45, 2.75) is 11.8 Å². The highest BCUT2D eigenvalue weighted by Crippen LogP contribution is 2.25. The Labute approximate surface area is 80.9 Å². The van der Waals surface area contributed by atoms with E-state index in [1.54, 1.807) is 17.8 Å².